The molecule has 0 bridgehead atoms. The van der Waals surface area contributed by atoms with Gasteiger partial charge in [-0.2, -0.15) is 0 Å². The number of rotatable bonds is 1. The summed E-state index contributed by atoms with van der Waals surface area (Å²) >= 11 is 17.0. The van der Waals surface area contributed by atoms with Gasteiger partial charge in [0.2, 0.25) is 3.79 Å². The molecule has 0 spiro atoms. The van der Waals surface area contributed by atoms with Crippen molar-refractivity contribution in [3.8, 4) is 0 Å². The topological polar surface area (TPSA) is 26.0 Å². The molecule has 0 heterocycles. The molecule has 1 aromatic carbocycles. The summed E-state index contributed by atoms with van der Waals surface area (Å²) in [6.07, 6.45) is 0. The van der Waals surface area contributed by atoms with E-state index >= 15 is 0 Å². The quantitative estimate of drug-likeness (QED) is 0.728. The molecular weight excluding hydrogens is 216 g/mol. The summed E-state index contributed by atoms with van der Waals surface area (Å²) in [5, 5.41) is 0. The van der Waals surface area contributed by atoms with Crippen LogP contribution in [0.5, 0.6) is 0 Å². The second-order valence-corrected chi connectivity index (χ2v) is 4.61. The Morgan fingerprint density at radius 3 is 2.50 bits per heavy atom. The van der Waals surface area contributed by atoms with E-state index in [1.165, 1.54) is 0 Å². The third-order valence-corrected chi connectivity index (χ3v) is 2.07. The molecule has 4 heteroatoms. The smallest absolute Gasteiger partial charge is 0.216 e. The highest BCUT2D eigenvalue weighted by molar-refractivity contribution is 6.66. The molecule has 1 radical (unpaired) electrons. The SMILES string of the molecule is NCc1c[c]cc(C(Cl)(Cl)Cl)c1. The number of hydrogen-bond donors (Lipinski definition) is 1. The van der Waals surface area contributed by atoms with Gasteiger partial charge in [0.25, 0.3) is 0 Å². The first kappa shape index (κ1) is 10.1. The van der Waals surface area contributed by atoms with Gasteiger partial charge in [-0.15, -0.1) is 0 Å². The maximum Gasteiger partial charge on any atom is 0.216 e. The van der Waals surface area contributed by atoms with Crippen LogP contribution in [0.25, 0.3) is 0 Å². The van der Waals surface area contributed by atoms with E-state index in [-0.39, 0.29) is 0 Å². The zero-order chi connectivity index (χ0) is 9.19. The van der Waals surface area contributed by atoms with E-state index < -0.39 is 3.79 Å². The van der Waals surface area contributed by atoms with Crippen molar-refractivity contribution in [3.05, 3.63) is 35.4 Å². The molecule has 0 saturated carbocycles. The predicted octanol–water partition coefficient (Wildman–Crippen LogP) is 2.77. The van der Waals surface area contributed by atoms with E-state index in [0.717, 1.165) is 5.56 Å². The highest BCUT2D eigenvalue weighted by Crippen LogP contribution is 2.38. The first-order chi connectivity index (χ1) is 5.54. The van der Waals surface area contributed by atoms with E-state index in [1.54, 1.807) is 18.2 Å². The van der Waals surface area contributed by atoms with E-state index in [2.05, 4.69) is 6.07 Å². The second-order valence-electron chi connectivity index (χ2n) is 2.33. The fraction of sp³-hybridized carbons (Fsp3) is 0.250. The predicted molar refractivity (Wildman–Crippen MR) is 52.4 cm³/mol. The van der Waals surface area contributed by atoms with Crippen molar-refractivity contribution >= 4 is 34.8 Å². The minimum atomic E-state index is -1.39. The normalized spacial score (nSPS) is 11.7. The third-order valence-electron chi connectivity index (χ3n) is 1.41. The van der Waals surface area contributed by atoms with Crippen molar-refractivity contribution in [2.45, 2.75) is 10.3 Å². The van der Waals surface area contributed by atoms with Crippen LogP contribution in [0.2, 0.25) is 0 Å². The van der Waals surface area contributed by atoms with Gasteiger partial charge >= 0.3 is 0 Å². The molecule has 65 valence electrons. The molecule has 0 atom stereocenters. The zero-order valence-corrected chi connectivity index (χ0v) is 8.42. The molecule has 0 aliphatic carbocycles. The van der Waals surface area contributed by atoms with Gasteiger partial charge in [0.15, 0.2) is 0 Å². The Bertz CT molecular complexity index is 267. The highest BCUT2D eigenvalue weighted by Gasteiger charge is 2.22. The lowest BCUT2D eigenvalue weighted by Gasteiger charge is -2.11. The summed E-state index contributed by atoms with van der Waals surface area (Å²) in [6, 6.07) is 8.00. The maximum absolute atomic E-state index is 5.66. The van der Waals surface area contributed by atoms with Crippen LogP contribution in [0.3, 0.4) is 0 Å². The molecular formula is C8H7Cl3N. The summed E-state index contributed by atoms with van der Waals surface area (Å²) in [5.41, 5.74) is 6.91. The second kappa shape index (κ2) is 3.84. The first-order valence-corrected chi connectivity index (χ1v) is 4.44. The van der Waals surface area contributed by atoms with E-state index in [0.29, 0.717) is 12.1 Å². The van der Waals surface area contributed by atoms with Gasteiger partial charge in [-0.25, -0.2) is 0 Å². The van der Waals surface area contributed by atoms with E-state index in [4.69, 9.17) is 40.5 Å². The van der Waals surface area contributed by atoms with Crippen molar-refractivity contribution in [1.29, 1.82) is 0 Å². The van der Waals surface area contributed by atoms with Crippen LogP contribution in [0.15, 0.2) is 18.2 Å². The standard InChI is InChI=1S/C8H7Cl3N/c9-8(10,11)7-3-1-2-6(4-7)5-12/h2-4H,5,12H2. The van der Waals surface area contributed by atoms with Crippen LogP contribution in [0.1, 0.15) is 11.1 Å². The number of nitrogens with two attached hydrogens (primary N) is 1. The van der Waals surface area contributed by atoms with Crippen molar-refractivity contribution in [2.24, 2.45) is 5.73 Å². The summed E-state index contributed by atoms with van der Waals surface area (Å²) < 4.78 is -1.39. The lowest BCUT2D eigenvalue weighted by atomic mass is 10.1. The van der Waals surface area contributed by atoms with Crippen molar-refractivity contribution in [2.75, 3.05) is 0 Å². The van der Waals surface area contributed by atoms with E-state index in [9.17, 15) is 0 Å². The molecule has 0 aromatic heterocycles. The molecule has 1 nitrogen and oxygen atoms in total. The monoisotopic (exact) mass is 222 g/mol. The van der Waals surface area contributed by atoms with Gasteiger partial charge < -0.3 is 5.73 Å². The maximum atomic E-state index is 5.66. The minimum Gasteiger partial charge on any atom is -0.326 e. The van der Waals surface area contributed by atoms with Crippen molar-refractivity contribution < 1.29 is 0 Å². The third kappa shape index (κ3) is 2.53. The van der Waals surface area contributed by atoms with Gasteiger partial charge in [0, 0.05) is 12.1 Å². The Morgan fingerprint density at radius 1 is 1.33 bits per heavy atom. The molecule has 12 heavy (non-hydrogen) atoms. The molecule has 1 rings (SSSR count). The molecule has 0 saturated heterocycles. The van der Waals surface area contributed by atoms with Gasteiger partial charge in [-0.3, -0.25) is 0 Å². The molecule has 1 aromatic rings. The molecule has 0 aliphatic heterocycles. The van der Waals surface area contributed by atoms with E-state index in [1.807, 2.05) is 0 Å². The minimum absolute atomic E-state index is 0.422. The Hall–Kier alpha value is 0.0500. The van der Waals surface area contributed by atoms with Crippen LogP contribution >= 0.6 is 34.8 Å². The van der Waals surface area contributed by atoms with Crippen molar-refractivity contribution in [1.82, 2.24) is 0 Å². The van der Waals surface area contributed by atoms with Gasteiger partial charge in [-0.1, -0.05) is 40.9 Å². The van der Waals surface area contributed by atoms with Crippen molar-refractivity contribution in [3.63, 3.8) is 0 Å². The largest absolute Gasteiger partial charge is 0.326 e. The Labute approximate surface area is 86.4 Å². The summed E-state index contributed by atoms with van der Waals surface area (Å²) in [5.74, 6) is 0. The van der Waals surface area contributed by atoms with Crippen LogP contribution < -0.4 is 5.73 Å². The van der Waals surface area contributed by atoms with Crippen LogP contribution in [-0.2, 0) is 10.3 Å². The number of hydrogen-bond acceptors (Lipinski definition) is 1. The number of benzene rings is 1. The lowest BCUT2D eigenvalue weighted by Crippen LogP contribution is -2.03. The highest BCUT2D eigenvalue weighted by atomic mass is 35.6. The summed E-state index contributed by atoms with van der Waals surface area (Å²) in [6.45, 7) is 0.422. The molecule has 0 amide bonds. The van der Waals surface area contributed by atoms with Crippen LogP contribution in [0, 0.1) is 6.07 Å². The van der Waals surface area contributed by atoms with Gasteiger partial charge in [0.05, 0.1) is 0 Å². The Kier molecular flexibility index (Phi) is 3.24. The first-order valence-electron chi connectivity index (χ1n) is 3.31. The number of halogens is 3. The molecule has 2 N–H and O–H groups in total. The lowest BCUT2D eigenvalue weighted by molar-refractivity contribution is 1.06. The Balaban J connectivity index is 3.02. The number of alkyl halides is 3. The molecule has 0 fully saturated rings. The fourth-order valence-corrected chi connectivity index (χ4v) is 1.13. The summed E-state index contributed by atoms with van der Waals surface area (Å²) in [4.78, 5) is 0. The molecule has 0 aliphatic rings. The van der Waals surface area contributed by atoms with Crippen LogP contribution in [-0.4, -0.2) is 0 Å². The van der Waals surface area contributed by atoms with Gasteiger partial charge in [-0.05, 0) is 23.8 Å². The zero-order valence-electron chi connectivity index (χ0n) is 6.15. The average molecular weight is 224 g/mol. The molecule has 0 unspecified atom stereocenters. The van der Waals surface area contributed by atoms with Gasteiger partial charge in [0.1, 0.15) is 0 Å². The fourth-order valence-electron chi connectivity index (χ4n) is 0.803. The summed E-state index contributed by atoms with van der Waals surface area (Å²) in [7, 11) is 0. The van der Waals surface area contributed by atoms with Crippen LogP contribution in [0.4, 0.5) is 0 Å². The Morgan fingerprint density at radius 2 is 2.00 bits per heavy atom. The average Bonchev–Trinajstić information content (AvgIpc) is 2.03.